The van der Waals surface area contributed by atoms with Crippen LogP contribution in [0.2, 0.25) is 0 Å². The summed E-state index contributed by atoms with van der Waals surface area (Å²) in [6.45, 7) is 5.65. The molecule has 2 N–H and O–H groups in total. The summed E-state index contributed by atoms with van der Waals surface area (Å²) >= 11 is 0. The number of ketones is 1. The van der Waals surface area contributed by atoms with Crippen molar-refractivity contribution < 1.29 is 31.9 Å². The van der Waals surface area contributed by atoms with Crippen LogP contribution < -0.4 is 5.73 Å². The number of hydrogen-bond acceptors (Lipinski definition) is 3. The molecule has 0 heterocycles. The first-order chi connectivity index (χ1) is 11.3. The van der Waals surface area contributed by atoms with Crippen LogP contribution in [0.1, 0.15) is 56.0 Å². The van der Waals surface area contributed by atoms with Crippen LogP contribution in [0.3, 0.4) is 0 Å². The number of hydrogen-bond donors (Lipinski definition) is 1. The molecule has 25 heavy (non-hydrogen) atoms. The van der Waals surface area contributed by atoms with Gasteiger partial charge in [-0.1, -0.05) is 20.8 Å². The number of ether oxygens (including phenoxy) is 1. The maximum absolute atomic E-state index is 13.1. The number of carbonyl (C=O) groups is 2. The number of benzene rings is 1. The van der Waals surface area contributed by atoms with Crippen LogP contribution in [0.15, 0.2) is 18.2 Å². The Morgan fingerprint density at radius 1 is 1.20 bits per heavy atom. The van der Waals surface area contributed by atoms with E-state index in [0.717, 1.165) is 12.1 Å². The Bertz CT molecular complexity index is 636. The van der Waals surface area contributed by atoms with Crippen molar-refractivity contribution in [2.45, 2.75) is 52.3 Å². The second-order valence-electron chi connectivity index (χ2n) is 6.97. The standard InChI is InChI=1S/C17H21F4NO3/c1-16(2,3)9-11(25-15(22)24)5-7-14(23)12-6-4-10(18)8-13(12)17(19,20)21/h4,6,8,11H,5,7,9H2,1-3H3,(H2,22,24)/t11-/m1/s1. The minimum Gasteiger partial charge on any atom is -0.446 e. The van der Waals surface area contributed by atoms with Gasteiger partial charge >= 0.3 is 12.3 Å². The van der Waals surface area contributed by atoms with E-state index >= 15 is 0 Å². The third kappa shape index (κ3) is 7.11. The summed E-state index contributed by atoms with van der Waals surface area (Å²) in [5.41, 5.74) is 2.82. The van der Waals surface area contributed by atoms with E-state index in [2.05, 4.69) is 0 Å². The smallest absolute Gasteiger partial charge is 0.417 e. The molecule has 0 aliphatic rings. The minimum absolute atomic E-state index is 0.0215. The first-order valence-electron chi connectivity index (χ1n) is 7.65. The van der Waals surface area contributed by atoms with Crippen LogP contribution in [0.25, 0.3) is 0 Å². The Labute approximate surface area is 143 Å². The molecule has 0 saturated carbocycles. The van der Waals surface area contributed by atoms with E-state index < -0.39 is 41.1 Å². The van der Waals surface area contributed by atoms with Crippen LogP contribution >= 0.6 is 0 Å². The lowest BCUT2D eigenvalue weighted by Gasteiger charge is -2.25. The van der Waals surface area contributed by atoms with Gasteiger partial charge in [0.2, 0.25) is 0 Å². The van der Waals surface area contributed by atoms with Crippen molar-refractivity contribution in [2.24, 2.45) is 11.1 Å². The Hall–Kier alpha value is -2.12. The lowest BCUT2D eigenvalue weighted by atomic mass is 9.87. The number of amides is 1. The normalized spacial score (nSPS) is 13.4. The summed E-state index contributed by atoms with van der Waals surface area (Å²) < 4.78 is 57.0. The Morgan fingerprint density at radius 3 is 2.28 bits per heavy atom. The molecule has 0 fully saturated rings. The van der Waals surface area contributed by atoms with E-state index in [4.69, 9.17) is 10.5 Å². The number of rotatable bonds is 6. The van der Waals surface area contributed by atoms with Gasteiger partial charge in [-0.15, -0.1) is 0 Å². The molecule has 1 amide bonds. The Balaban J connectivity index is 2.92. The van der Waals surface area contributed by atoms with Crippen molar-refractivity contribution >= 4 is 11.9 Å². The van der Waals surface area contributed by atoms with Crippen LogP contribution in [-0.4, -0.2) is 18.0 Å². The average molecular weight is 363 g/mol. The molecular weight excluding hydrogens is 342 g/mol. The molecular formula is C17H21F4NO3. The van der Waals surface area contributed by atoms with Crippen LogP contribution in [0.5, 0.6) is 0 Å². The molecule has 0 aliphatic heterocycles. The van der Waals surface area contributed by atoms with E-state index in [9.17, 15) is 27.2 Å². The maximum Gasteiger partial charge on any atom is 0.417 e. The van der Waals surface area contributed by atoms with E-state index in [0.29, 0.717) is 12.5 Å². The molecule has 0 aliphatic carbocycles. The number of Topliss-reactive ketones (excluding diaryl/α,β-unsaturated/α-hetero) is 1. The van der Waals surface area contributed by atoms with Crippen LogP contribution in [0.4, 0.5) is 22.4 Å². The lowest BCUT2D eigenvalue weighted by Crippen LogP contribution is -2.27. The molecule has 0 aromatic heterocycles. The maximum atomic E-state index is 13.1. The Morgan fingerprint density at radius 2 is 1.80 bits per heavy atom. The van der Waals surface area contributed by atoms with Gasteiger partial charge in [-0.25, -0.2) is 9.18 Å². The summed E-state index contributed by atoms with van der Waals surface area (Å²) in [6.07, 6.45) is -6.44. The second-order valence-corrected chi connectivity index (χ2v) is 6.97. The van der Waals surface area contributed by atoms with Gasteiger partial charge in [0, 0.05) is 12.0 Å². The fourth-order valence-electron chi connectivity index (χ4n) is 2.47. The summed E-state index contributed by atoms with van der Waals surface area (Å²) in [5.74, 6) is -1.88. The topological polar surface area (TPSA) is 69.4 Å². The predicted octanol–water partition coefficient (Wildman–Crippen LogP) is 4.71. The predicted molar refractivity (Wildman–Crippen MR) is 83.5 cm³/mol. The van der Waals surface area contributed by atoms with Gasteiger partial charge in [0.05, 0.1) is 5.56 Å². The highest BCUT2D eigenvalue weighted by atomic mass is 19.4. The monoisotopic (exact) mass is 363 g/mol. The fraction of sp³-hybridized carbons (Fsp3) is 0.529. The zero-order valence-electron chi connectivity index (χ0n) is 14.2. The number of halogens is 4. The van der Waals surface area contributed by atoms with E-state index in [1.165, 1.54) is 0 Å². The molecule has 0 unspecified atom stereocenters. The zero-order chi connectivity index (χ0) is 19.4. The third-order valence-corrected chi connectivity index (χ3v) is 3.40. The quantitative estimate of drug-likeness (QED) is 0.588. The minimum atomic E-state index is -4.85. The molecule has 1 aromatic rings. The molecule has 0 saturated heterocycles. The summed E-state index contributed by atoms with van der Waals surface area (Å²) in [4.78, 5) is 23.1. The van der Waals surface area contributed by atoms with Gasteiger partial charge in [-0.3, -0.25) is 4.79 Å². The van der Waals surface area contributed by atoms with Gasteiger partial charge in [0.25, 0.3) is 0 Å². The molecule has 1 aromatic carbocycles. The largest absolute Gasteiger partial charge is 0.446 e. The van der Waals surface area contributed by atoms with Gasteiger partial charge in [-0.05, 0) is 36.5 Å². The van der Waals surface area contributed by atoms with Crippen molar-refractivity contribution in [2.75, 3.05) is 0 Å². The Kier molecular flexibility index (Phi) is 6.56. The number of alkyl halides is 3. The fourth-order valence-corrected chi connectivity index (χ4v) is 2.47. The molecule has 0 bridgehead atoms. The molecule has 0 spiro atoms. The van der Waals surface area contributed by atoms with Gasteiger partial charge in [0.1, 0.15) is 11.9 Å². The first kappa shape index (κ1) is 20.9. The van der Waals surface area contributed by atoms with Crippen molar-refractivity contribution in [1.29, 1.82) is 0 Å². The van der Waals surface area contributed by atoms with E-state index in [-0.39, 0.29) is 18.3 Å². The first-order valence-corrected chi connectivity index (χ1v) is 7.65. The van der Waals surface area contributed by atoms with Crippen molar-refractivity contribution in [3.63, 3.8) is 0 Å². The molecule has 1 rings (SSSR count). The average Bonchev–Trinajstić information content (AvgIpc) is 2.41. The summed E-state index contributed by atoms with van der Waals surface area (Å²) in [7, 11) is 0. The molecule has 1 atom stereocenters. The third-order valence-electron chi connectivity index (χ3n) is 3.40. The van der Waals surface area contributed by atoms with Gasteiger partial charge < -0.3 is 10.5 Å². The van der Waals surface area contributed by atoms with E-state index in [1.807, 2.05) is 20.8 Å². The van der Waals surface area contributed by atoms with E-state index in [1.54, 1.807) is 0 Å². The van der Waals surface area contributed by atoms with Crippen molar-refractivity contribution in [1.82, 2.24) is 0 Å². The molecule has 4 nitrogen and oxygen atoms in total. The zero-order valence-corrected chi connectivity index (χ0v) is 14.2. The number of primary amides is 1. The second kappa shape index (κ2) is 7.84. The van der Waals surface area contributed by atoms with Crippen molar-refractivity contribution in [3.8, 4) is 0 Å². The summed E-state index contributed by atoms with van der Waals surface area (Å²) in [6, 6.07) is 1.91. The van der Waals surface area contributed by atoms with Crippen LogP contribution in [0, 0.1) is 11.2 Å². The molecule has 0 radical (unpaired) electrons. The van der Waals surface area contributed by atoms with Gasteiger partial charge in [-0.2, -0.15) is 13.2 Å². The number of carbonyl (C=O) groups excluding carboxylic acids is 2. The lowest BCUT2D eigenvalue weighted by molar-refractivity contribution is -0.138. The SMILES string of the molecule is CC(C)(C)C[C@@H](CCC(=O)c1ccc(F)cc1C(F)(F)F)OC(N)=O. The highest BCUT2D eigenvalue weighted by Crippen LogP contribution is 2.33. The highest BCUT2D eigenvalue weighted by Gasteiger charge is 2.35. The van der Waals surface area contributed by atoms with Crippen molar-refractivity contribution in [3.05, 3.63) is 35.1 Å². The summed E-state index contributed by atoms with van der Waals surface area (Å²) in [5, 5.41) is 0. The molecule has 140 valence electrons. The highest BCUT2D eigenvalue weighted by molar-refractivity contribution is 5.97. The van der Waals surface area contributed by atoms with Crippen LogP contribution in [-0.2, 0) is 10.9 Å². The van der Waals surface area contributed by atoms with Gasteiger partial charge in [0.15, 0.2) is 5.78 Å². The molecule has 8 heteroatoms. The number of nitrogens with two attached hydrogens (primary N) is 1.